The van der Waals surface area contributed by atoms with E-state index < -0.39 is 6.28 Å². The van der Waals surface area contributed by atoms with E-state index in [2.05, 4.69) is 83.2 Å². The fraction of sp³-hybridized carbons (Fsp3) is 0.227. The largest absolute Gasteiger partial charge is 0.439 e. The molecule has 0 spiro atoms. The van der Waals surface area contributed by atoms with Crippen molar-refractivity contribution in [1.29, 1.82) is 0 Å². The average Bonchev–Trinajstić information content (AvgIpc) is 3.33. The van der Waals surface area contributed by atoms with E-state index in [0.29, 0.717) is 0 Å². The lowest BCUT2D eigenvalue weighted by molar-refractivity contribution is -0.576. The Kier molecular flexibility index (Phi) is 3.57. The molecule has 136 valence electrons. The number of aromatic nitrogens is 3. The predicted molar refractivity (Wildman–Crippen MR) is 114 cm³/mol. The van der Waals surface area contributed by atoms with Crippen molar-refractivity contribution in [3.63, 3.8) is 0 Å². The third-order valence-corrected chi connectivity index (χ3v) is 6.98. The van der Waals surface area contributed by atoms with Crippen LogP contribution in [0.1, 0.15) is 19.4 Å². The third kappa shape index (κ3) is 1.97. The Hall–Kier alpha value is -2.46. The Morgan fingerprint density at radius 1 is 1.00 bits per heavy atom. The standard InChI is InChI=1S/C22H23BClN3/c1-4-23(5-2)22-25(20-13-9-7-11-18(20)24)14-15-26(22)21-16(3)17-10-6-8-12-19(17)27(21)23/h6-15H,4-5H2,1-3H3. The topological polar surface area (TPSA) is 13.7 Å². The van der Waals surface area contributed by atoms with Crippen LogP contribution in [0.3, 0.4) is 0 Å². The summed E-state index contributed by atoms with van der Waals surface area (Å²) in [5.74, 6) is 1.31. The van der Waals surface area contributed by atoms with E-state index in [0.717, 1.165) is 23.4 Å². The number of benzene rings is 2. The highest BCUT2D eigenvalue weighted by atomic mass is 35.5. The average molecular weight is 376 g/mol. The molecule has 5 heteroatoms. The lowest BCUT2D eigenvalue weighted by Gasteiger charge is -2.31. The maximum Gasteiger partial charge on any atom is 0.257 e. The molecule has 0 radical (unpaired) electrons. The Bertz CT molecular complexity index is 1180. The molecule has 0 fully saturated rings. The van der Waals surface area contributed by atoms with Crippen molar-refractivity contribution in [2.24, 2.45) is 0 Å². The summed E-state index contributed by atoms with van der Waals surface area (Å²) < 4.78 is 7.32. The highest BCUT2D eigenvalue weighted by Gasteiger charge is 2.47. The number of halogens is 1. The SMILES string of the molecule is CC[B-]1(CC)c2n(-c3ccccc3Cl)cc[n+]2-c2c(C)c3ccccc3n21. The molecule has 2 aromatic carbocycles. The fourth-order valence-corrected chi connectivity index (χ4v) is 5.52. The Labute approximate surface area is 164 Å². The molecule has 1 aliphatic rings. The summed E-state index contributed by atoms with van der Waals surface area (Å²) in [6.45, 7) is 6.88. The molecule has 3 nitrogen and oxygen atoms in total. The van der Waals surface area contributed by atoms with Crippen molar-refractivity contribution >= 4 is 34.5 Å². The van der Waals surface area contributed by atoms with Crippen LogP contribution in [0.5, 0.6) is 0 Å². The molecule has 0 saturated carbocycles. The predicted octanol–water partition coefficient (Wildman–Crippen LogP) is 4.72. The number of fused-ring (bicyclic) bond motifs is 5. The fourth-order valence-electron chi connectivity index (χ4n) is 5.30. The second-order valence-corrected chi connectivity index (χ2v) is 8.10. The van der Waals surface area contributed by atoms with E-state index in [1.165, 1.54) is 28.0 Å². The molecular weight excluding hydrogens is 353 g/mol. The van der Waals surface area contributed by atoms with Crippen molar-refractivity contribution < 1.29 is 4.57 Å². The summed E-state index contributed by atoms with van der Waals surface area (Å²) in [7, 11) is 0. The number of hydrogen-bond acceptors (Lipinski definition) is 0. The van der Waals surface area contributed by atoms with Gasteiger partial charge in [0, 0.05) is 10.9 Å². The number of nitrogens with zero attached hydrogens (tertiary/aromatic N) is 3. The van der Waals surface area contributed by atoms with E-state index in [-0.39, 0.29) is 0 Å². The van der Waals surface area contributed by atoms with Gasteiger partial charge in [0.1, 0.15) is 5.69 Å². The van der Waals surface area contributed by atoms with Gasteiger partial charge in [0.2, 0.25) is 0 Å². The van der Waals surface area contributed by atoms with Gasteiger partial charge in [0.25, 0.3) is 6.28 Å². The second kappa shape index (κ2) is 5.77. The number of rotatable bonds is 3. The van der Waals surface area contributed by atoms with E-state index in [1.807, 2.05) is 12.1 Å². The Morgan fingerprint density at radius 3 is 2.44 bits per heavy atom. The molecule has 0 saturated heterocycles. The van der Waals surface area contributed by atoms with Crippen LogP contribution in [0.15, 0.2) is 60.9 Å². The molecule has 3 heterocycles. The maximum atomic E-state index is 6.58. The number of hydrogen-bond donors (Lipinski definition) is 0. The molecule has 0 atom stereocenters. The highest BCUT2D eigenvalue weighted by molar-refractivity contribution is 6.90. The summed E-state index contributed by atoms with van der Waals surface area (Å²) in [6, 6.07) is 16.9. The number of imidazole rings is 1. The molecule has 4 aromatic rings. The lowest BCUT2D eigenvalue weighted by Crippen LogP contribution is -2.60. The third-order valence-electron chi connectivity index (χ3n) is 6.66. The van der Waals surface area contributed by atoms with Crippen molar-refractivity contribution in [2.45, 2.75) is 33.4 Å². The summed E-state index contributed by atoms with van der Waals surface area (Å²) in [5.41, 5.74) is 5.08. The number of aryl methyl sites for hydroxylation is 1. The van der Waals surface area contributed by atoms with Crippen LogP contribution in [0.25, 0.3) is 22.4 Å². The molecule has 27 heavy (non-hydrogen) atoms. The van der Waals surface area contributed by atoms with Crippen LogP contribution in [-0.4, -0.2) is 15.3 Å². The Balaban J connectivity index is 1.91. The molecule has 1 aliphatic heterocycles. The van der Waals surface area contributed by atoms with E-state index in [4.69, 9.17) is 11.6 Å². The van der Waals surface area contributed by atoms with Gasteiger partial charge in [-0.1, -0.05) is 55.8 Å². The van der Waals surface area contributed by atoms with E-state index >= 15 is 0 Å². The van der Waals surface area contributed by atoms with Crippen molar-refractivity contribution in [2.75, 3.05) is 0 Å². The molecule has 0 aliphatic carbocycles. The minimum absolute atomic E-state index is 0.784. The molecule has 0 N–H and O–H groups in total. The minimum Gasteiger partial charge on any atom is -0.439 e. The van der Waals surface area contributed by atoms with Gasteiger partial charge < -0.3 is 4.48 Å². The van der Waals surface area contributed by atoms with Crippen LogP contribution in [0.2, 0.25) is 17.7 Å². The lowest BCUT2D eigenvalue weighted by atomic mass is 9.31. The van der Waals surface area contributed by atoms with Gasteiger partial charge in [-0.05, 0) is 25.1 Å². The second-order valence-electron chi connectivity index (χ2n) is 7.69. The van der Waals surface area contributed by atoms with Gasteiger partial charge in [0.05, 0.1) is 28.7 Å². The zero-order valence-electron chi connectivity index (χ0n) is 16.0. The highest BCUT2D eigenvalue weighted by Crippen LogP contribution is 2.35. The van der Waals surface area contributed by atoms with Gasteiger partial charge in [-0.2, -0.15) is 0 Å². The van der Waals surface area contributed by atoms with Gasteiger partial charge in [0.15, 0.2) is 5.82 Å². The van der Waals surface area contributed by atoms with Gasteiger partial charge in [-0.15, -0.1) is 12.6 Å². The van der Waals surface area contributed by atoms with E-state index in [9.17, 15) is 0 Å². The van der Waals surface area contributed by atoms with Crippen molar-refractivity contribution in [3.05, 3.63) is 71.5 Å². The monoisotopic (exact) mass is 375 g/mol. The van der Waals surface area contributed by atoms with Crippen LogP contribution in [0.4, 0.5) is 0 Å². The maximum absolute atomic E-state index is 6.58. The molecule has 5 rings (SSSR count). The molecule has 0 bridgehead atoms. The smallest absolute Gasteiger partial charge is 0.257 e. The van der Waals surface area contributed by atoms with Crippen LogP contribution >= 0.6 is 11.6 Å². The molecule has 2 aromatic heterocycles. The van der Waals surface area contributed by atoms with Crippen LogP contribution in [0, 0.1) is 6.92 Å². The molecular formula is C22H23BClN3. The summed E-state index contributed by atoms with van der Waals surface area (Å²) >= 11 is 6.58. The summed E-state index contributed by atoms with van der Waals surface area (Å²) in [4.78, 5) is 0. The van der Waals surface area contributed by atoms with Crippen molar-refractivity contribution in [3.8, 4) is 11.5 Å². The zero-order valence-corrected chi connectivity index (χ0v) is 16.7. The first-order chi connectivity index (χ1) is 13.1. The number of para-hydroxylation sites is 2. The van der Waals surface area contributed by atoms with Gasteiger partial charge >= 0.3 is 0 Å². The first kappa shape index (κ1) is 16.7. The van der Waals surface area contributed by atoms with Crippen LogP contribution < -0.4 is 10.3 Å². The van der Waals surface area contributed by atoms with Crippen LogP contribution in [-0.2, 0) is 0 Å². The zero-order chi connectivity index (χ0) is 18.8. The normalized spacial score (nSPS) is 14.5. The first-order valence-corrected chi connectivity index (χ1v) is 10.2. The van der Waals surface area contributed by atoms with Gasteiger partial charge in [-0.3, -0.25) is 4.57 Å². The van der Waals surface area contributed by atoms with Crippen molar-refractivity contribution in [1.82, 2.24) is 9.05 Å². The van der Waals surface area contributed by atoms with Gasteiger partial charge in [-0.25, -0.2) is 4.57 Å². The minimum atomic E-state index is -0.949. The first-order valence-electron chi connectivity index (χ1n) is 9.81. The van der Waals surface area contributed by atoms with E-state index in [1.54, 1.807) is 0 Å². The molecule has 0 unspecified atom stereocenters. The Morgan fingerprint density at radius 2 is 1.70 bits per heavy atom. The molecule has 0 amide bonds. The summed E-state index contributed by atoms with van der Waals surface area (Å²) in [6.07, 6.45) is 5.58. The quantitative estimate of drug-likeness (QED) is 0.363. The summed E-state index contributed by atoms with van der Waals surface area (Å²) in [5, 5.41) is 2.14.